The number of benzene rings is 1. The number of aliphatic carboxylic acids is 1. The number of unbranched alkanes of at least 4 members (excludes halogenated alkanes) is 1. The number of carboxylic acid groups (broad SMARTS) is 1. The van der Waals surface area contributed by atoms with E-state index < -0.39 is 5.97 Å². The van der Waals surface area contributed by atoms with Crippen LogP contribution in [0.4, 0.5) is 20.4 Å². The number of H-pyrrole nitrogens is 1. The van der Waals surface area contributed by atoms with Gasteiger partial charge in [0.25, 0.3) is 0 Å². The van der Waals surface area contributed by atoms with E-state index in [1.165, 1.54) is 6.07 Å². The number of hydrogen-bond acceptors (Lipinski definition) is 5. The van der Waals surface area contributed by atoms with Gasteiger partial charge in [-0.05, 0) is 63.3 Å². The maximum absolute atomic E-state index is 14.7. The largest absolute Gasteiger partial charge is 0.481 e. The summed E-state index contributed by atoms with van der Waals surface area (Å²) in [7, 11) is 0. The van der Waals surface area contributed by atoms with Crippen molar-refractivity contribution in [1.29, 1.82) is 0 Å². The van der Waals surface area contributed by atoms with E-state index in [4.69, 9.17) is 5.11 Å². The van der Waals surface area contributed by atoms with E-state index in [1.807, 2.05) is 13.0 Å². The maximum Gasteiger partial charge on any atom is 0.303 e. The Morgan fingerprint density at radius 2 is 2.03 bits per heavy atom. The Morgan fingerprint density at radius 1 is 1.20 bits per heavy atom. The molecule has 35 heavy (non-hydrogen) atoms. The molecule has 3 N–H and O–H groups in total. The number of hydrogen-bond donors (Lipinski definition) is 3. The summed E-state index contributed by atoms with van der Waals surface area (Å²) in [6.07, 6.45) is 4.84. The highest BCUT2D eigenvalue weighted by molar-refractivity contribution is 5.66. The van der Waals surface area contributed by atoms with Gasteiger partial charge in [0, 0.05) is 30.6 Å². The Balaban J connectivity index is 1.63. The van der Waals surface area contributed by atoms with E-state index in [1.54, 1.807) is 37.4 Å². The van der Waals surface area contributed by atoms with Gasteiger partial charge < -0.3 is 10.4 Å². The Hall–Kier alpha value is -3.33. The predicted molar refractivity (Wildman–Crippen MR) is 131 cm³/mol. The van der Waals surface area contributed by atoms with Gasteiger partial charge in [-0.25, -0.2) is 13.8 Å². The quantitative estimate of drug-likeness (QED) is 0.257. The number of pyridine rings is 1. The summed E-state index contributed by atoms with van der Waals surface area (Å²) in [5.41, 5.74) is 1.57. The lowest BCUT2D eigenvalue weighted by Crippen LogP contribution is -2.36. The zero-order valence-corrected chi connectivity index (χ0v) is 20.2. The number of nitrogens with one attached hydrogen (secondary N) is 2. The van der Waals surface area contributed by atoms with E-state index >= 15 is 0 Å². The first-order valence-corrected chi connectivity index (χ1v) is 12.0. The number of aromatic nitrogens is 3. The van der Waals surface area contributed by atoms with Crippen LogP contribution in [0.2, 0.25) is 0 Å². The second-order valence-electron chi connectivity index (χ2n) is 8.69. The van der Waals surface area contributed by atoms with Gasteiger partial charge in [-0.15, -0.1) is 0 Å². The van der Waals surface area contributed by atoms with Crippen LogP contribution in [0, 0.1) is 18.6 Å². The maximum atomic E-state index is 14.7. The smallest absolute Gasteiger partial charge is 0.303 e. The topological polar surface area (TPSA) is 94.1 Å². The fourth-order valence-corrected chi connectivity index (χ4v) is 4.17. The molecule has 0 amide bonds. The van der Waals surface area contributed by atoms with Crippen LogP contribution in [0.5, 0.6) is 0 Å². The second kappa shape index (κ2) is 12.9. The van der Waals surface area contributed by atoms with Crippen LogP contribution in [-0.2, 0) is 17.8 Å². The average molecular weight is 486 g/mol. The SMILES string of the molecule is CC[C@H](CCC(=O)O)N(CCCCc1nc(Nc2ccn[nH]2)ccc1F)Cc1cccc(C)c1F. The number of aromatic amines is 1. The summed E-state index contributed by atoms with van der Waals surface area (Å²) < 4.78 is 29.0. The van der Waals surface area contributed by atoms with E-state index in [-0.39, 0.29) is 24.1 Å². The first-order valence-electron chi connectivity index (χ1n) is 12.0. The van der Waals surface area contributed by atoms with Crippen LogP contribution in [0.1, 0.15) is 55.8 Å². The van der Waals surface area contributed by atoms with Crippen molar-refractivity contribution in [1.82, 2.24) is 20.1 Å². The molecular formula is C26H33F2N5O2. The Morgan fingerprint density at radius 3 is 2.74 bits per heavy atom. The van der Waals surface area contributed by atoms with Crippen LogP contribution < -0.4 is 5.32 Å². The molecule has 188 valence electrons. The van der Waals surface area contributed by atoms with E-state index in [2.05, 4.69) is 25.4 Å². The molecule has 0 bridgehead atoms. The van der Waals surface area contributed by atoms with Gasteiger partial charge >= 0.3 is 5.97 Å². The van der Waals surface area contributed by atoms with Crippen molar-refractivity contribution >= 4 is 17.6 Å². The molecule has 0 unspecified atom stereocenters. The molecule has 1 atom stereocenters. The molecule has 0 fully saturated rings. The fraction of sp³-hybridized carbons (Fsp3) is 0.423. The minimum atomic E-state index is -0.838. The zero-order valence-electron chi connectivity index (χ0n) is 20.2. The first-order chi connectivity index (χ1) is 16.9. The molecule has 7 nitrogen and oxygen atoms in total. The van der Waals surface area contributed by atoms with Crippen molar-refractivity contribution in [3.63, 3.8) is 0 Å². The fourth-order valence-electron chi connectivity index (χ4n) is 4.17. The van der Waals surface area contributed by atoms with Gasteiger partial charge in [-0.3, -0.25) is 14.8 Å². The molecule has 0 saturated heterocycles. The predicted octanol–water partition coefficient (Wildman–Crippen LogP) is 5.60. The molecule has 0 saturated carbocycles. The van der Waals surface area contributed by atoms with Crippen molar-refractivity contribution in [3.05, 3.63) is 71.1 Å². The van der Waals surface area contributed by atoms with E-state index in [9.17, 15) is 13.6 Å². The Labute approximate surface area is 204 Å². The van der Waals surface area contributed by atoms with Crippen molar-refractivity contribution in [3.8, 4) is 0 Å². The van der Waals surface area contributed by atoms with Crippen LogP contribution in [0.15, 0.2) is 42.6 Å². The summed E-state index contributed by atoms with van der Waals surface area (Å²) in [4.78, 5) is 17.7. The molecule has 2 heterocycles. The Kier molecular flexibility index (Phi) is 9.72. The van der Waals surface area contributed by atoms with E-state index in [0.717, 1.165) is 12.8 Å². The third-order valence-electron chi connectivity index (χ3n) is 6.12. The summed E-state index contributed by atoms with van der Waals surface area (Å²) >= 11 is 0. The van der Waals surface area contributed by atoms with Crippen LogP contribution in [-0.4, -0.2) is 43.7 Å². The van der Waals surface area contributed by atoms with Crippen molar-refractivity contribution in [2.45, 2.75) is 65.0 Å². The minimum absolute atomic E-state index is 0.0165. The molecule has 0 spiro atoms. The molecule has 3 rings (SSSR count). The Bertz CT molecular complexity index is 1090. The lowest BCUT2D eigenvalue weighted by atomic mass is 10.0. The molecule has 3 aromatic rings. The van der Waals surface area contributed by atoms with Gasteiger partial charge in [0.05, 0.1) is 11.9 Å². The third kappa shape index (κ3) is 7.85. The number of carboxylic acids is 1. The molecule has 2 aromatic heterocycles. The highest BCUT2D eigenvalue weighted by atomic mass is 19.1. The second-order valence-corrected chi connectivity index (χ2v) is 8.69. The monoisotopic (exact) mass is 485 g/mol. The highest BCUT2D eigenvalue weighted by Crippen LogP contribution is 2.21. The van der Waals surface area contributed by atoms with Gasteiger partial charge in [-0.1, -0.05) is 25.1 Å². The number of anilines is 2. The zero-order chi connectivity index (χ0) is 25.2. The minimum Gasteiger partial charge on any atom is -0.481 e. The van der Waals surface area contributed by atoms with Crippen LogP contribution >= 0.6 is 0 Å². The summed E-state index contributed by atoms with van der Waals surface area (Å²) in [6, 6.07) is 10.1. The molecule has 9 heteroatoms. The lowest BCUT2D eigenvalue weighted by Gasteiger charge is -2.31. The summed E-state index contributed by atoms with van der Waals surface area (Å²) in [5.74, 6) is -0.219. The molecular weight excluding hydrogens is 452 g/mol. The van der Waals surface area contributed by atoms with Crippen molar-refractivity contribution < 1.29 is 18.7 Å². The summed E-state index contributed by atoms with van der Waals surface area (Å²) in [6.45, 7) is 4.81. The van der Waals surface area contributed by atoms with Gasteiger partial charge in [-0.2, -0.15) is 5.10 Å². The number of halogens is 2. The molecule has 0 aliphatic rings. The number of nitrogens with zero attached hydrogens (tertiary/aromatic N) is 3. The lowest BCUT2D eigenvalue weighted by molar-refractivity contribution is -0.137. The molecule has 0 aliphatic carbocycles. The van der Waals surface area contributed by atoms with Gasteiger partial charge in [0.1, 0.15) is 23.3 Å². The van der Waals surface area contributed by atoms with Crippen LogP contribution in [0.3, 0.4) is 0 Å². The van der Waals surface area contributed by atoms with Gasteiger partial charge in [0.15, 0.2) is 0 Å². The molecule has 0 radical (unpaired) electrons. The third-order valence-corrected chi connectivity index (χ3v) is 6.12. The summed E-state index contributed by atoms with van der Waals surface area (Å²) in [5, 5.41) is 18.9. The number of rotatable bonds is 14. The molecule has 1 aromatic carbocycles. The number of aryl methyl sites for hydroxylation is 2. The van der Waals surface area contributed by atoms with Crippen molar-refractivity contribution in [2.24, 2.45) is 0 Å². The van der Waals surface area contributed by atoms with Crippen molar-refractivity contribution in [2.75, 3.05) is 11.9 Å². The normalized spacial score (nSPS) is 12.1. The van der Waals surface area contributed by atoms with E-state index in [0.29, 0.717) is 60.8 Å². The molecule has 0 aliphatic heterocycles. The van der Waals surface area contributed by atoms with Crippen LogP contribution in [0.25, 0.3) is 0 Å². The number of carbonyl (C=O) groups is 1. The van der Waals surface area contributed by atoms with Gasteiger partial charge in [0.2, 0.25) is 0 Å². The highest BCUT2D eigenvalue weighted by Gasteiger charge is 2.20. The standard InChI is InChI=1S/C26H33F2N5O2/c1-3-20(10-13-25(34)35)33(17-19-8-6-7-18(2)26(19)28)16-5-4-9-22-21(27)11-12-23(30-22)31-24-14-15-29-32-24/h6-8,11-12,14-15,20H,3-5,9-10,13,16-17H2,1-2H3,(H,34,35)(H2,29,30,31,32)/t20-/m1/s1. The first kappa shape index (κ1) is 26.3. The average Bonchev–Trinajstić information content (AvgIpc) is 3.34.